The molecule has 0 bridgehead atoms. The van der Waals surface area contributed by atoms with Gasteiger partial charge in [-0.25, -0.2) is 0 Å². The summed E-state index contributed by atoms with van der Waals surface area (Å²) in [6.07, 6.45) is 1.46. The smallest absolute Gasteiger partial charge is 0.310 e. The second kappa shape index (κ2) is 8.66. The van der Waals surface area contributed by atoms with Crippen molar-refractivity contribution in [3.8, 4) is 0 Å². The molecule has 1 amide bonds. The van der Waals surface area contributed by atoms with Crippen LogP contribution in [-0.2, 0) is 23.9 Å². The average molecular weight is 311 g/mol. The predicted octanol–water partition coefficient (Wildman–Crippen LogP) is 1.41. The van der Waals surface area contributed by atoms with Gasteiger partial charge in [-0.3, -0.25) is 19.2 Å². The maximum Gasteiger partial charge on any atom is 0.310 e. The van der Waals surface area contributed by atoms with Gasteiger partial charge in [0.1, 0.15) is 0 Å². The highest BCUT2D eigenvalue weighted by Gasteiger charge is 2.38. The van der Waals surface area contributed by atoms with Crippen LogP contribution in [-0.4, -0.2) is 36.6 Å². The van der Waals surface area contributed by atoms with Crippen molar-refractivity contribution in [1.29, 1.82) is 0 Å². The van der Waals surface area contributed by atoms with E-state index in [1.165, 1.54) is 0 Å². The number of carbonyl (C=O) groups excluding carboxylic acids is 4. The molecule has 22 heavy (non-hydrogen) atoms. The first kappa shape index (κ1) is 18.3. The maximum atomic E-state index is 12.2. The van der Waals surface area contributed by atoms with Gasteiger partial charge in [0.05, 0.1) is 5.92 Å². The molecule has 0 saturated heterocycles. The Bertz CT molecular complexity index is 430. The minimum absolute atomic E-state index is 0.0962. The van der Waals surface area contributed by atoms with E-state index in [4.69, 9.17) is 4.74 Å². The molecule has 1 aliphatic rings. The first-order valence-corrected chi connectivity index (χ1v) is 7.92. The SMILES string of the molecule is CCCC(CC(CC)C(=O)OC1C(=O)CCC1=O)C(=O)NC. The third-order valence-electron chi connectivity index (χ3n) is 4.09. The zero-order valence-electron chi connectivity index (χ0n) is 13.5. The van der Waals surface area contributed by atoms with Crippen molar-refractivity contribution in [3.63, 3.8) is 0 Å². The van der Waals surface area contributed by atoms with Crippen LogP contribution in [0.3, 0.4) is 0 Å². The molecule has 0 spiro atoms. The summed E-state index contributed by atoms with van der Waals surface area (Å²) in [5, 5.41) is 2.61. The maximum absolute atomic E-state index is 12.2. The zero-order chi connectivity index (χ0) is 16.7. The third-order valence-corrected chi connectivity index (χ3v) is 4.09. The lowest BCUT2D eigenvalue weighted by Gasteiger charge is -2.21. The molecule has 0 aliphatic heterocycles. The summed E-state index contributed by atoms with van der Waals surface area (Å²) in [6, 6.07) is 0. The summed E-state index contributed by atoms with van der Waals surface area (Å²) in [5.74, 6) is -2.05. The number of nitrogens with one attached hydrogen (secondary N) is 1. The van der Waals surface area contributed by atoms with E-state index in [1.807, 2.05) is 13.8 Å². The summed E-state index contributed by atoms with van der Waals surface area (Å²) in [4.78, 5) is 47.2. The fourth-order valence-corrected chi connectivity index (χ4v) is 2.71. The summed E-state index contributed by atoms with van der Waals surface area (Å²) < 4.78 is 5.11. The highest BCUT2D eigenvalue weighted by Crippen LogP contribution is 2.23. The van der Waals surface area contributed by atoms with Gasteiger partial charge in [-0.2, -0.15) is 0 Å². The van der Waals surface area contributed by atoms with Gasteiger partial charge in [0.15, 0.2) is 11.6 Å². The van der Waals surface area contributed by atoms with Crippen molar-refractivity contribution in [2.75, 3.05) is 7.05 Å². The van der Waals surface area contributed by atoms with Gasteiger partial charge < -0.3 is 10.1 Å². The number of amides is 1. The summed E-state index contributed by atoms with van der Waals surface area (Å²) in [7, 11) is 1.57. The van der Waals surface area contributed by atoms with Crippen molar-refractivity contribution in [2.24, 2.45) is 11.8 Å². The fourth-order valence-electron chi connectivity index (χ4n) is 2.71. The van der Waals surface area contributed by atoms with Gasteiger partial charge in [0.25, 0.3) is 0 Å². The highest BCUT2D eigenvalue weighted by molar-refractivity contribution is 6.12. The van der Waals surface area contributed by atoms with Crippen molar-refractivity contribution < 1.29 is 23.9 Å². The summed E-state index contributed by atoms with van der Waals surface area (Å²) >= 11 is 0. The Labute approximate surface area is 131 Å². The number of carbonyl (C=O) groups is 4. The number of ketones is 2. The Morgan fingerprint density at radius 2 is 1.77 bits per heavy atom. The van der Waals surface area contributed by atoms with E-state index in [9.17, 15) is 19.2 Å². The highest BCUT2D eigenvalue weighted by atomic mass is 16.6. The van der Waals surface area contributed by atoms with Gasteiger partial charge in [0.2, 0.25) is 12.0 Å². The number of ether oxygens (including phenoxy) is 1. The molecule has 0 aromatic rings. The fraction of sp³-hybridized carbons (Fsp3) is 0.750. The molecule has 2 unspecified atom stereocenters. The molecule has 0 radical (unpaired) electrons. The van der Waals surface area contributed by atoms with E-state index < -0.39 is 18.0 Å². The van der Waals surface area contributed by atoms with Crippen LogP contribution in [0.5, 0.6) is 0 Å². The van der Waals surface area contributed by atoms with Crippen LogP contribution < -0.4 is 5.32 Å². The third kappa shape index (κ3) is 4.64. The largest absolute Gasteiger partial charge is 0.446 e. The molecule has 1 rings (SSSR count). The molecule has 1 saturated carbocycles. The van der Waals surface area contributed by atoms with Crippen LogP contribution in [0.25, 0.3) is 0 Å². The second-order valence-corrected chi connectivity index (χ2v) is 5.69. The molecule has 124 valence electrons. The topological polar surface area (TPSA) is 89.5 Å². The van der Waals surface area contributed by atoms with Gasteiger partial charge in [0, 0.05) is 25.8 Å². The van der Waals surface area contributed by atoms with Crippen molar-refractivity contribution in [1.82, 2.24) is 5.32 Å². The van der Waals surface area contributed by atoms with Crippen LogP contribution in [0.15, 0.2) is 0 Å². The molecule has 2 atom stereocenters. The monoisotopic (exact) mass is 311 g/mol. The molecule has 6 heteroatoms. The van der Waals surface area contributed by atoms with Gasteiger partial charge in [-0.1, -0.05) is 20.3 Å². The molecular formula is C16H25NO5. The van der Waals surface area contributed by atoms with E-state index in [0.29, 0.717) is 19.3 Å². The van der Waals surface area contributed by atoms with Crippen molar-refractivity contribution in [2.45, 2.75) is 58.5 Å². The molecule has 1 N–H and O–H groups in total. The molecule has 1 fully saturated rings. The first-order valence-electron chi connectivity index (χ1n) is 7.92. The molecule has 0 heterocycles. The van der Waals surface area contributed by atoms with E-state index in [-0.39, 0.29) is 36.2 Å². The van der Waals surface area contributed by atoms with Crippen LogP contribution >= 0.6 is 0 Å². The predicted molar refractivity (Wildman–Crippen MR) is 80.0 cm³/mol. The molecule has 1 aliphatic carbocycles. The lowest BCUT2D eigenvalue weighted by Crippen LogP contribution is -2.34. The summed E-state index contributed by atoms with van der Waals surface area (Å²) in [5.41, 5.74) is 0. The normalized spacial score (nSPS) is 18.1. The zero-order valence-corrected chi connectivity index (χ0v) is 13.5. The van der Waals surface area contributed by atoms with Crippen LogP contribution in [0, 0.1) is 11.8 Å². The van der Waals surface area contributed by atoms with Crippen LogP contribution in [0.1, 0.15) is 52.4 Å². The van der Waals surface area contributed by atoms with E-state index in [2.05, 4.69) is 5.32 Å². The van der Waals surface area contributed by atoms with Crippen LogP contribution in [0.2, 0.25) is 0 Å². The van der Waals surface area contributed by atoms with Gasteiger partial charge in [-0.05, 0) is 19.3 Å². The minimum Gasteiger partial charge on any atom is -0.446 e. The molecule has 6 nitrogen and oxygen atoms in total. The quantitative estimate of drug-likeness (QED) is 0.541. The molecule has 0 aromatic heterocycles. The number of esters is 1. The lowest BCUT2D eigenvalue weighted by atomic mass is 9.89. The van der Waals surface area contributed by atoms with E-state index in [1.54, 1.807) is 7.05 Å². The Hall–Kier alpha value is -1.72. The number of Topliss-reactive ketones (excluding diaryl/α,β-unsaturated/α-hetero) is 2. The van der Waals surface area contributed by atoms with Crippen molar-refractivity contribution in [3.05, 3.63) is 0 Å². The lowest BCUT2D eigenvalue weighted by molar-refractivity contribution is -0.161. The van der Waals surface area contributed by atoms with E-state index in [0.717, 1.165) is 6.42 Å². The first-order chi connectivity index (χ1) is 10.4. The molecular weight excluding hydrogens is 286 g/mol. The van der Waals surface area contributed by atoms with E-state index >= 15 is 0 Å². The Kier molecular flexibility index (Phi) is 7.21. The second-order valence-electron chi connectivity index (χ2n) is 5.69. The minimum atomic E-state index is -1.23. The Morgan fingerprint density at radius 1 is 1.18 bits per heavy atom. The van der Waals surface area contributed by atoms with Crippen LogP contribution in [0.4, 0.5) is 0 Å². The number of rotatable bonds is 8. The van der Waals surface area contributed by atoms with Crippen molar-refractivity contribution >= 4 is 23.4 Å². The Morgan fingerprint density at radius 3 is 2.23 bits per heavy atom. The average Bonchev–Trinajstić information content (AvgIpc) is 2.82. The number of hydrogen-bond acceptors (Lipinski definition) is 5. The summed E-state index contributed by atoms with van der Waals surface area (Å²) in [6.45, 7) is 3.81. The van der Waals surface area contributed by atoms with Gasteiger partial charge >= 0.3 is 5.97 Å². The number of hydrogen-bond donors (Lipinski definition) is 1. The van der Waals surface area contributed by atoms with Gasteiger partial charge in [-0.15, -0.1) is 0 Å². The Balaban J connectivity index is 2.68. The molecule has 0 aromatic carbocycles. The standard InChI is InChI=1S/C16H25NO5/c1-4-6-11(15(20)17-3)9-10(5-2)16(21)22-14-12(18)7-8-13(14)19/h10-11,14H,4-9H2,1-3H3,(H,17,20).